The van der Waals surface area contributed by atoms with Gasteiger partial charge in [-0.05, 0) is 11.4 Å². The van der Waals surface area contributed by atoms with Gasteiger partial charge in [0, 0.05) is 18.1 Å². The fourth-order valence-electron chi connectivity index (χ4n) is 1.48. The Bertz CT molecular complexity index is 574. The van der Waals surface area contributed by atoms with Crippen molar-refractivity contribution in [1.82, 2.24) is 15.1 Å². The number of aryl methyl sites for hydroxylation is 1. The Morgan fingerprint density at radius 1 is 1.56 bits per heavy atom. The maximum absolute atomic E-state index is 11.8. The van der Waals surface area contributed by atoms with Gasteiger partial charge in [0.2, 0.25) is 0 Å². The standard InChI is InChI=1S/C11H11N3O3S/c1-14-6-8(11(16)17)9(13-14)10(15)12-5-7-3-2-4-18-7/h2-4,6H,5H2,1H3,(H,12,15)(H,16,17). The third kappa shape index (κ3) is 2.57. The van der Waals surface area contributed by atoms with E-state index in [2.05, 4.69) is 10.4 Å². The molecule has 18 heavy (non-hydrogen) atoms. The van der Waals surface area contributed by atoms with E-state index in [1.54, 1.807) is 7.05 Å². The Hall–Kier alpha value is -2.15. The van der Waals surface area contributed by atoms with Crippen molar-refractivity contribution in [2.75, 3.05) is 0 Å². The second-order valence-electron chi connectivity index (χ2n) is 3.63. The predicted molar refractivity (Wildman–Crippen MR) is 65.7 cm³/mol. The summed E-state index contributed by atoms with van der Waals surface area (Å²) in [5.41, 5.74) is -0.164. The summed E-state index contributed by atoms with van der Waals surface area (Å²) in [7, 11) is 1.57. The molecular formula is C11H11N3O3S. The van der Waals surface area contributed by atoms with E-state index in [-0.39, 0.29) is 11.3 Å². The number of thiophene rings is 1. The van der Waals surface area contributed by atoms with Gasteiger partial charge in [-0.2, -0.15) is 5.10 Å². The highest BCUT2D eigenvalue weighted by Crippen LogP contribution is 2.09. The number of hydrogen-bond donors (Lipinski definition) is 2. The van der Waals surface area contributed by atoms with Crippen LogP contribution in [-0.2, 0) is 13.6 Å². The van der Waals surface area contributed by atoms with Crippen LogP contribution in [0.3, 0.4) is 0 Å². The lowest BCUT2D eigenvalue weighted by Crippen LogP contribution is -2.24. The van der Waals surface area contributed by atoms with E-state index in [0.717, 1.165) is 4.88 Å². The monoisotopic (exact) mass is 265 g/mol. The number of carbonyl (C=O) groups is 2. The summed E-state index contributed by atoms with van der Waals surface area (Å²) in [6, 6.07) is 3.77. The van der Waals surface area contributed by atoms with Gasteiger partial charge in [0.25, 0.3) is 5.91 Å². The molecule has 0 spiro atoms. The molecule has 0 aliphatic carbocycles. The van der Waals surface area contributed by atoms with Crippen LogP contribution in [-0.4, -0.2) is 26.8 Å². The van der Waals surface area contributed by atoms with Crippen LogP contribution < -0.4 is 5.32 Å². The molecule has 0 radical (unpaired) electrons. The maximum atomic E-state index is 11.8. The van der Waals surface area contributed by atoms with Crippen LogP contribution in [0.1, 0.15) is 25.7 Å². The summed E-state index contributed by atoms with van der Waals surface area (Å²) in [6.45, 7) is 0.367. The van der Waals surface area contributed by atoms with Gasteiger partial charge in [0.05, 0.1) is 6.54 Å². The number of aromatic nitrogens is 2. The summed E-state index contributed by atoms with van der Waals surface area (Å²) >= 11 is 1.52. The molecule has 0 aromatic carbocycles. The molecule has 2 rings (SSSR count). The Kier molecular flexibility index (Phi) is 3.42. The highest BCUT2D eigenvalue weighted by Gasteiger charge is 2.20. The van der Waals surface area contributed by atoms with Crippen molar-refractivity contribution in [1.29, 1.82) is 0 Å². The van der Waals surface area contributed by atoms with Crippen LogP contribution in [0.25, 0.3) is 0 Å². The Morgan fingerprint density at radius 2 is 2.33 bits per heavy atom. The summed E-state index contributed by atoms with van der Waals surface area (Å²) in [5, 5.41) is 17.4. The smallest absolute Gasteiger partial charge is 0.339 e. The molecule has 6 nitrogen and oxygen atoms in total. The Morgan fingerprint density at radius 3 is 2.94 bits per heavy atom. The molecule has 0 atom stereocenters. The van der Waals surface area contributed by atoms with E-state index >= 15 is 0 Å². The van der Waals surface area contributed by atoms with E-state index in [1.165, 1.54) is 22.2 Å². The SMILES string of the molecule is Cn1cc(C(=O)O)c(C(=O)NCc2cccs2)n1. The lowest BCUT2D eigenvalue weighted by Gasteiger charge is -2.01. The first-order chi connectivity index (χ1) is 8.58. The van der Waals surface area contributed by atoms with Crippen molar-refractivity contribution < 1.29 is 14.7 Å². The molecule has 0 fully saturated rings. The first-order valence-electron chi connectivity index (χ1n) is 5.15. The second kappa shape index (κ2) is 5.01. The number of amides is 1. The number of carboxylic acids is 1. The zero-order chi connectivity index (χ0) is 13.1. The van der Waals surface area contributed by atoms with Gasteiger partial charge in [-0.15, -0.1) is 11.3 Å². The van der Waals surface area contributed by atoms with Crippen molar-refractivity contribution >= 4 is 23.2 Å². The van der Waals surface area contributed by atoms with Gasteiger partial charge in [-0.25, -0.2) is 4.79 Å². The summed E-state index contributed by atoms with van der Waals surface area (Å²) in [4.78, 5) is 23.8. The van der Waals surface area contributed by atoms with Gasteiger partial charge in [-0.3, -0.25) is 9.48 Å². The molecule has 0 aliphatic rings. The van der Waals surface area contributed by atoms with Gasteiger partial charge >= 0.3 is 5.97 Å². The third-order valence-electron chi connectivity index (χ3n) is 2.28. The van der Waals surface area contributed by atoms with Crippen LogP contribution in [0.5, 0.6) is 0 Å². The molecular weight excluding hydrogens is 254 g/mol. The Labute approximate surface area is 107 Å². The van der Waals surface area contributed by atoms with E-state index in [0.29, 0.717) is 6.54 Å². The first-order valence-corrected chi connectivity index (χ1v) is 6.03. The predicted octanol–water partition coefficient (Wildman–Crippen LogP) is 1.11. The minimum Gasteiger partial charge on any atom is -0.478 e. The van der Waals surface area contributed by atoms with Crippen LogP contribution in [0.15, 0.2) is 23.7 Å². The van der Waals surface area contributed by atoms with Crippen molar-refractivity contribution in [3.8, 4) is 0 Å². The van der Waals surface area contributed by atoms with Crippen molar-refractivity contribution in [3.63, 3.8) is 0 Å². The largest absolute Gasteiger partial charge is 0.478 e. The number of rotatable bonds is 4. The molecule has 0 saturated carbocycles. The molecule has 2 N–H and O–H groups in total. The second-order valence-corrected chi connectivity index (χ2v) is 4.66. The minimum atomic E-state index is -1.16. The van der Waals surface area contributed by atoms with Gasteiger partial charge in [0.1, 0.15) is 5.56 Å². The molecule has 0 bridgehead atoms. The van der Waals surface area contributed by atoms with Crippen molar-refractivity contribution in [2.45, 2.75) is 6.54 Å². The van der Waals surface area contributed by atoms with Crippen LogP contribution >= 0.6 is 11.3 Å². The molecule has 2 aromatic rings. The molecule has 94 valence electrons. The quantitative estimate of drug-likeness (QED) is 0.867. The zero-order valence-electron chi connectivity index (χ0n) is 9.58. The van der Waals surface area contributed by atoms with E-state index in [1.807, 2.05) is 17.5 Å². The van der Waals surface area contributed by atoms with E-state index in [4.69, 9.17) is 5.11 Å². The first kappa shape index (κ1) is 12.3. The maximum Gasteiger partial charge on any atom is 0.339 e. The molecule has 0 saturated heterocycles. The lowest BCUT2D eigenvalue weighted by atomic mass is 10.2. The molecule has 2 heterocycles. The van der Waals surface area contributed by atoms with Crippen LogP contribution in [0.2, 0.25) is 0 Å². The molecule has 7 heteroatoms. The van der Waals surface area contributed by atoms with E-state index in [9.17, 15) is 9.59 Å². The fourth-order valence-corrected chi connectivity index (χ4v) is 2.12. The van der Waals surface area contributed by atoms with Crippen molar-refractivity contribution in [2.24, 2.45) is 7.05 Å². The minimum absolute atomic E-state index is 0.0680. The zero-order valence-corrected chi connectivity index (χ0v) is 10.4. The highest BCUT2D eigenvalue weighted by molar-refractivity contribution is 7.09. The Balaban J connectivity index is 2.11. The third-order valence-corrected chi connectivity index (χ3v) is 3.15. The van der Waals surface area contributed by atoms with Gasteiger partial charge in [0.15, 0.2) is 5.69 Å². The summed E-state index contributed by atoms with van der Waals surface area (Å²) < 4.78 is 1.31. The van der Waals surface area contributed by atoms with Gasteiger partial charge < -0.3 is 10.4 Å². The number of carbonyl (C=O) groups excluding carboxylic acids is 1. The topological polar surface area (TPSA) is 84.2 Å². The summed E-state index contributed by atoms with van der Waals surface area (Å²) in [6.07, 6.45) is 1.31. The average Bonchev–Trinajstić information content (AvgIpc) is 2.94. The molecule has 0 aliphatic heterocycles. The number of aromatic carboxylic acids is 1. The molecule has 1 amide bonds. The van der Waals surface area contributed by atoms with Crippen molar-refractivity contribution in [3.05, 3.63) is 39.8 Å². The lowest BCUT2D eigenvalue weighted by molar-refractivity contribution is 0.0691. The summed E-state index contributed by atoms with van der Waals surface area (Å²) in [5.74, 6) is -1.65. The van der Waals surface area contributed by atoms with Crippen LogP contribution in [0, 0.1) is 0 Å². The number of carboxylic acid groups (broad SMARTS) is 1. The highest BCUT2D eigenvalue weighted by atomic mass is 32.1. The number of nitrogens with zero attached hydrogens (tertiary/aromatic N) is 2. The van der Waals surface area contributed by atoms with Gasteiger partial charge in [-0.1, -0.05) is 6.07 Å². The number of hydrogen-bond acceptors (Lipinski definition) is 4. The molecule has 0 unspecified atom stereocenters. The average molecular weight is 265 g/mol. The molecule has 2 aromatic heterocycles. The number of nitrogens with one attached hydrogen (secondary N) is 1. The van der Waals surface area contributed by atoms with E-state index < -0.39 is 11.9 Å². The van der Waals surface area contributed by atoms with Crippen LogP contribution in [0.4, 0.5) is 0 Å². The fraction of sp³-hybridized carbons (Fsp3) is 0.182. The normalized spacial score (nSPS) is 10.3.